The van der Waals surface area contributed by atoms with Crippen molar-refractivity contribution < 1.29 is 27.4 Å². The third-order valence-electron chi connectivity index (χ3n) is 9.53. The summed E-state index contributed by atoms with van der Waals surface area (Å²) in [6, 6.07) is 0.0204. The van der Waals surface area contributed by atoms with Crippen molar-refractivity contribution in [1.29, 1.82) is 0 Å². The molecule has 4 aliphatic rings. The molecule has 0 bridgehead atoms. The molecule has 45 heavy (non-hydrogen) atoms. The van der Waals surface area contributed by atoms with Crippen LogP contribution in [0.5, 0.6) is 6.01 Å². The molecule has 1 aromatic carbocycles. The smallest absolute Gasteiger partial charge is 0.319 e. The van der Waals surface area contributed by atoms with Gasteiger partial charge in [-0.3, -0.25) is 14.9 Å². The molecule has 4 aliphatic heterocycles. The van der Waals surface area contributed by atoms with E-state index in [9.17, 15) is 4.39 Å². The molecule has 0 aliphatic carbocycles. The molecule has 236 valence electrons. The van der Waals surface area contributed by atoms with E-state index in [1.807, 2.05) is 0 Å². The molecule has 2 N–H and O–H groups in total. The first-order valence-electron chi connectivity index (χ1n) is 15.1. The second-order valence-corrected chi connectivity index (χ2v) is 13.1. The van der Waals surface area contributed by atoms with Gasteiger partial charge in [0.15, 0.2) is 11.6 Å². The Morgan fingerprint density at radius 3 is 2.80 bits per heavy atom. The highest BCUT2D eigenvalue weighted by molar-refractivity contribution is 7.23. The predicted octanol–water partition coefficient (Wildman–Crippen LogP) is 4.64. The zero-order chi connectivity index (χ0) is 30.9. The Balaban J connectivity index is 1.34. The fourth-order valence-corrected chi connectivity index (χ4v) is 8.45. The average molecular weight is 640 g/mol. The molecule has 0 radical (unpaired) electrons. The van der Waals surface area contributed by atoms with Crippen molar-refractivity contribution in [2.24, 2.45) is 4.99 Å². The number of nitrogen functional groups attached to an aromatic ring is 1. The Hall–Kier alpha value is -3.59. The highest BCUT2D eigenvalue weighted by atomic mass is 32.1. The van der Waals surface area contributed by atoms with Crippen molar-refractivity contribution >= 4 is 49.4 Å². The number of pyridine rings is 1. The van der Waals surface area contributed by atoms with Gasteiger partial charge in [0.25, 0.3) is 0 Å². The highest BCUT2D eigenvalue weighted by Crippen LogP contribution is 2.47. The van der Waals surface area contributed by atoms with Crippen LogP contribution in [0.15, 0.2) is 11.2 Å². The fourth-order valence-electron chi connectivity index (χ4n) is 7.51. The summed E-state index contributed by atoms with van der Waals surface area (Å²) in [7, 11) is 1.59. The van der Waals surface area contributed by atoms with Gasteiger partial charge in [-0.05, 0) is 30.5 Å². The van der Waals surface area contributed by atoms with Gasteiger partial charge < -0.3 is 24.8 Å². The summed E-state index contributed by atoms with van der Waals surface area (Å²) in [4.78, 5) is 22.2. The molecule has 3 aromatic heterocycles. The maximum absolute atomic E-state index is 17.2. The second kappa shape index (κ2) is 11.0. The Morgan fingerprint density at radius 1 is 1.16 bits per heavy atom. The van der Waals surface area contributed by atoms with Crippen LogP contribution in [0.3, 0.4) is 0 Å². The van der Waals surface area contributed by atoms with Crippen LogP contribution < -0.4 is 15.4 Å². The van der Waals surface area contributed by atoms with Crippen LogP contribution in [0.25, 0.3) is 32.2 Å². The van der Waals surface area contributed by atoms with Gasteiger partial charge in [-0.2, -0.15) is 9.97 Å². The van der Waals surface area contributed by atoms with Crippen molar-refractivity contribution in [2.75, 3.05) is 63.7 Å². The number of halogens is 3. The summed E-state index contributed by atoms with van der Waals surface area (Å²) in [5.74, 6) is -0.645. The second-order valence-electron chi connectivity index (χ2n) is 12.1. The lowest BCUT2D eigenvalue weighted by Crippen LogP contribution is -2.43. The van der Waals surface area contributed by atoms with Crippen molar-refractivity contribution in [3.63, 3.8) is 0 Å². The minimum Gasteiger partial charge on any atom is -0.461 e. The number of benzene rings is 1. The zero-order valence-electron chi connectivity index (χ0n) is 24.7. The lowest BCUT2D eigenvalue weighted by atomic mass is 9.93. The number of alkyl halides is 1. The number of nitrogens with zero attached hydrogens (tertiary/aromatic N) is 6. The number of rotatable bonds is 6. The summed E-state index contributed by atoms with van der Waals surface area (Å²) in [5.41, 5.74) is 8.18. The van der Waals surface area contributed by atoms with E-state index in [0.29, 0.717) is 72.0 Å². The first-order valence-corrected chi connectivity index (χ1v) is 16.0. The van der Waals surface area contributed by atoms with Crippen molar-refractivity contribution in [2.45, 2.75) is 44.2 Å². The van der Waals surface area contributed by atoms with Gasteiger partial charge in [0.2, 0.25) is 0 Å². The summed E-state index contributed by atoms with van der Waals surface area (Å²) in [6.45, 7) is 3.88. The molecule has 3 saturated heterocycles. The molecule has 8 rings (SSSR count). The van der Waals surface area contributed by atoms with Gasteiger partial charge in [-0.15, -0.1) is 11.3 Å². The topological polar surface area (TPSA) is 111 Å². The number of nitrogens with two attached hydrogens (primary N) is 1. The monoisotopic (exact) mass is 639 g/mol. The van der Waals surface area contributed by atoms with Crippen molar-refractivity contribution in [1.82, 2.24) is 19.9 Å². The van der Waals surface area contributed by atoms with Gasteiger partial charge in [0.05, 0.1) is 58.9 Å². The Bertz CT molecular complexity index is 1860. The molecule has 2 atom stereocenters. The summed E-state index contributed by atoms with van der Waals surface area (Å²) in [5, 5.41) is 1.28. The summed E-state index contributed by atoms with van der Waals surface area (Å²) >= 11 is 1.07. The largest absolute Gasteiger partial charge is 0.461 e. The zero-order valence-corrected chi connectivity index (χ0v) is 25.6. The Kier molecular flexibility index (Phi) is 7.08. The average Bonchev–Trinajstić information content (AvgIpc) is 3.81. The van der Waals surface area contributed by atoms with Gasteiger partial charge in [-0.1, -0.05) is 0 Å². The number of aliphatic imine (C=N–C) groups is 1. The molecule has 0 unspecified atom stereocenters. The third-order valence-corrected chi connectivity index (χ3v) is 10.6. The molecular weight excluding hydrogens is 607 g/mol. The van der Waals surface area contributed by atoms with E-state index in [1.165, 1.54) is 6.21 Å². The normalized spacial score (nSPS) is 23.6. The van der Waals surface area contributed by atoms with Gasteiger partial charge >= 0.3 is 6.01 Å². The van der Waals surface area contributed by atoms with E-state index < -0.39 is 23.3 Å². The minimum atomic E-state index is -0.910. The molecule has 0 amide bonds. The van der Waals surface area contributed by atoms with Crippen molar-refractivity contribution in [3.8, 4) is 17.3 Å². The molecule has 3 fully saturated rings. The molecule has 14 heteroatoms. The number of aromatic nitrogens is 3. The molecule has 0 saturated carbocycles. The van der Waals surface area contributed by atoms with E-state index in [1.54, 1.807) is 7.05 Å². The first-order chi connectivity index (χ1) is 21.9. The van der Waals surface area contributed by atoms with E-state index in [2.05, 4.69) is 24.8 Å². The first kappa shape index (κ1) is 28.9. The number of thiophene rings is 1. The molecular formula is C31H32F3N7O3S. The molecule has 4 aromatic rings. The van der Waals surface area contributed by atoms with Gasteiger partial charge in [-0.25, -0.2) is 13.2 Å². The maximum atomic E-state index is 17.2. The summed E-state index contributed by atoms with van der Waals surface area (Å²) < 4.78 is 64.7. The number of morpholine rings is 1. The Morgan fingerprint density at radius 2 is 1.98 bits per heavy atom. The molecule has 7 heterocycles. The molecule has 0 spiro atoms. The van der Waals surface area contributed by atoms with Gasteiger partial charge in [0.1, 0.15) is 24.1 Å². The fraction of sp³-hybridized carbons (Fsp3) is 0.484. The minimum absolute atomic E-state index is 0.0204. The number of hydrogen-bond acceptors (Lipinski definition) is 11. The molecule has 10 nitrogen and oxygen atoms in total. The van der Waals surface area contributed by atoms with Crippen molar-refractivity contribution in [3.05, 3.63) is 34.5 Å². The standard InChI is InChI=1S/C31H32F3N7O3S/c1-36-10-17-22-25(37-11-20(33)27(22)45-28(17)35)21-18-13-43-14-19(18)23-26(24(21)34)38-30(39-29(23)40-5-7-42-8-6-40)44-15-31-3-2-4-41(31)12-16(32)9-31/h10-11,16H,2-9,12-15,35H2,1H3/b36-10+/t16-,31+/m1/s1. The third kappa shape index (κ3) is 4.55. The number of fused-ring (bicyclic) bond motifs is 5. The lowest BCUT2D eigenvalue weighted by Gasteiger charge is -2.32. The van der Waals surface area contributed by atoms with Crippen LogP contribution in [-0.2, 0) is 22.7 Å². The number of ether oxygens (including phenoxy) is 3. The predicted molar refractivity (Wildman–Crippen MR) is 166 cm³/mol. The lowest BCUT2D eigenvalue weighted by molar-refractivity contribution is 0.107. The Labute approximate surface area is 261 Å². The van der Waals surface area contributed by atoms with E-state index in [0.717, 1.165) is 42.5 Å². The maximum Gasteiger partial charge on any atom is 0.319 e. The number of hydrogen-bond donors (Lipinski definition) is 1. The van der Waals surface area contributed by atoms with Crippen LogP contribution in [0.4, 0.5) is 24.0 Å². The quantitative estimate of drug-likeness (QED) is 0.302. The van der Waals surface area contributed by atoms with E-state index in [4.69, 9.17) is 24.9 Å². The van der Waals surface area contributed by atoms with Crippen LogP contribution in [-0.4, -0.2) is 90.8 Å². The van der Waals surface area contributed by atoms with Crippen LogP contribution in [0, 0.1) is 11.6 Å². The van der Waals surface area contributed by atoms with Crippen LogP contribution >= 0.6 is 11.3 Å². The summed E-state index contributed by atoms with van der Waals surface area (Å²) in [6.07, 6.45) is 3.89. The van der Waals surface area contributed by atoms with Crippen LogP contribution in [0.2, 0.25) is 0 Å². The van der Waals surface area contributed by atoms with E-state index in [-0.39, 0.29) is 47.3 Å². The SMILES string of the molecule is C/N=C/c1c(N)sc2c(F)cnc(-c3c4c(c5c(N6CCOCC6)nc(OC[C@@]67CCCN6C[C@H](F)C7)nc5c3F)COC4)c12. The van der Waals surface area contributed by atoms with Gasteiger partial charge in [0, 0.05) is 55.8 Å². The highest BCUT2D eigenvalue weighted by Gasteiger charge is 2.49. The van der Waals surface area contributed by atoms with E-state index >= 15 is 8.78 Å². The number of anilines is 2. The van der Waals surface area contributed by atoms with Crippen LogP contribution in [0.1, 0.15) is 36.0 Å².